The molecule has 0 atom stereocenters. The summed E-state index contributed by atoms with van der Waals surface area (Å²) in [5.41, 5.74) is 0. The summed E-state index contributed by atoms with van der Waals surface area (Å²) in [5.74, 6) is -4.49. The van der Waals surface area contributed by atoms with E-state index in [0.29, 0.717) is 0 Å². The summed E-state index contributed by atoms with van der Waals surface area (Å²) < 4.78 is 168. The van der Waals surface area contributed by atoms with Gasteiger partial charge in [0.25, 0.3) is 0 Å². The monoisotopic (exact) mass is 720 g/mol. The van der Waals surface area contributed by atoms with Gasteiger partial charge in [-0.1, -0.05) is 41.5 Å². The van der Waals surface area contributed by atoms with E-state index < -0.39 is 125 Å². The van der Waals surface area contributed by atoms with E-state index in [1.165, 1.54) is 41.5 Å². The third kappa shape index (κ3) is 8.49. The molecule has 0 unspecified atom stereocenters. The van der Waals surface area contributed by atoms with Crippen LogP contribution in [0.25, 0.3) is 0 Å². The molecule has 0 saturated heterocycles. The SMILES string of the molecule is CCCS(=O)(=O)C1C(S(=O)(=O)CCC)C(S(=O)(=O)CCC)C(S(=O)(=O)CCC)C(S(=O)(=O)CCC)C1S(=O)(=O)CCC. The van der Waals surface area contributed by atoms with Gasteiger partial charge in [-0.15, -0.1) is 0 Å². The van der Waals surface area contributed by atoms with Crippen molar-refractivity contribution in [2.75, 3.05) is 34.5 Å². The topological polar surface area (TPSA) is 205 Å². The molecule has 0 aromatic heterocycles. The number of rotatable bonds is 18. The van der Waals surface area contributed by atoms with Gasteiger partial charge in [-0.3, -0.25) is 0 Å². The van der Waals surface area contributed by atoms with Crippen LogP contribution in [-0.2, 0) is 59.0 Å². The second-order valence-corrected chi connectivity index (χ2v) is 24.7. The molecule has 252 valence electrons. The summed E-state index contributed by atoms with van der Waals surface area (Å²) in [6, 6.07) is 0. The van der Waals surface area contributed by atoms with Crippen LogP contribution in [0.15, 0.2) is 0 Å². The van der Waals surface area contributed by atoms with Gasteiger partial charge in [0.2, 0.25) is 0 Å². The van der Waals surface area contributed by atoms with E-state index in [1.807, 2.05) is 0 Å². The number of sulfone groups is 6. The van der Waals surface area contributed by atoms with E-state index in [4.69, 9.17) is 0 Å². The van der Waals surface area contributed by atoms with Gasteiger partial charge in [-0.05, 0) is 38.5 Å². The lowest BCUT2D eigenvalue weighted by Crippen LogP contribution is -2.74. The van der Waals surface area contributed by atoms with Crippen molar-refractivity contribution >= 4 is 59.0 Å². The van der Waals surface area contributed by atoms with Gasteiger partial charge in [0, 0.05) is 0 Å². The largest absolute Gasteiger partial charge is 0.228 e. The van der Waals surface area contributed by atoms with Crippen LogP contribution in [0.2, 0.25) is 0 Å². The molecular weight excluding hydrogens is 673 g/mol. The number of hydrogen-bond donors (Lipinski definition) is 0. The molecule has 0 aliphatic heterocycles. The summed E-state index contributed by atoms with van der Waals surface area (Å²) >= 11 is 0. The van der Waals surface area contributed by atoms with Crippen LogP contribution in [-0.4, -0.2) is 117 Å². The molecule has 12 nitrogen and oxygen atoms in total. The third-order valence-electron chi connectivity index (χ3n) is 7.36. The highest BCUT2D eigenvalue weighted by Crippen LogP contribution is 2.45. The van der Waals surface area contributed by atoms with Crippen molar-refractivity contribution in [3.8, 4) is 0 Å². The lowest BCUT2D eigenvalue weighted by atomic mass is 9.96. The van der Waals surface area contributed by atoms with Crippen molar-refractivity contribution in [2.24, 2.45) is 0 Å². The summed E-state index contributed by atoms with van der Waals surface area (Å²) in [5, 5.41) is -15.0. The van der Waals surface area contributed by atoms with Gasteiger partial charge in [0.15, 0.2) is 59.0 Å². The Kier molecular flexibility index (Phi) is 14.1. The first kappa shape index (κ1) is 39.7. The van der Waals surface area contributed by atoms with E-state index >= 15 is 0 Å². The predicted molar refractivity (Wildman–Crippen MR) is 167 cm³/mol. The van der Waals surface area contributed by atoms with Gasteiger partial charge >= 0.3 is 0 Å². The third-order valence-corrected chi connectivity index (χ3v) is 22.8. The normalized spacial score (nSPS) is 26.7. The molecule has 1 rings (SSSR count). The molecule has 1 fully saturated rings. The van der Waals surface area contributed by atoms with Crippen molar-refractivity contribution in [1.82, 2.24) is 0 Å². The Morgan fingerprint density at radius 1 is 0.262 bits per heavy atom. The predicted octanol–water partition coefficient (Wildman–Crippen LogP) is 1.16. The highest BCUT2D eigenvalue weighted by molar-refractivity contribution is 8.02. The smallest absolute Gasteiger partial charge is 0.155 e. The average Bonchev–Trinajstić information content (AvgIpc) is 2.82. The molecule has 0 radical (unpaired) electrons. The molecular formula is C24H48O12S6. The molecule has 0 N–H and O–H groups in total. The first-order valence-electron chi connectivity index (χ1n) is 14.4. The maximum absolute atomic E-state index is 14.0. The fourth-order valence-corrected chi connectivity index (χ4v) is 24.8. The van der Waals surface area contributed by atoms with Gasteiger partial charge in [0.05, 0.1) is 66.0 Å². The second kappa shape index (κ2) is 14.9. The fraction of sp³-hybridized carbons (Fsp3) is 1.00. The molecule has 0 aromatic rings. The molecule has 0 spiro atoms. The van der Waals surface area contributed by atoms with Crippen LogP contribution in [0.1, 0.15) is 80.1 Å². The number of hydrogen-bond acceptors (Lipinski definition) is 12. The maximum atomic E-state index is 14.0. The minimum Gasteiger partial charge on any atom is -0.228 e. The van der Waals surface area contributed by atoms with E-state index in [1.54, 1.807) is 0 Å². The Morgan fingerprint density at radius 2 is 0.357 bits per heavy atom. The molecule has 0 aromatic carbocycles. The zero-order valence-corrected chi connectivity index (χ0v) is 30.2. The second-order valence-electron chi connectivity index (χ2n) is 11.0. The summed E-state index contributed by atoms with van der Waals surface area (Å²) in [4.78, 5) is 0. The zero-order valence-electron chi connectivity index (χ0n) is 25.3. The Labute approximate surface area is 254 Å². The lowest BCUT2D eigenvalue weighted by molar-refractivity contribution is 0.438. The molecule has 1 saturated carbocycles. The van der Waals surface area contributed by atoms with Gasteiger partial charge < -0.3 is 0 Å². The van der Waals surface area contributed by atoms with Crippen molar-refractivity contribution in [1.29, 1.82) is 0 Å². The minimum atomic E-state index is -4.81. The van der Waals surface area contributed by atoms with E-state index in [2.05, 4.69) is 0 Å². The molecule has 1 aliphatic rings. The average molecular weight is 721 g/mol. The maximum Gasteiger partial charge on any atom is 0.155 e. The molecule has 1 aliphatic carbocycles. The summed E-state index contributed by atoms with van der Waals surface area (Å²) in [7, 11) is -28.9. The van der Waals surface area contributed by atoms with Gasteiger partial charge in [-0.25, -0.2) is 50.5 Å². The van der Waals surface area contributed by atoms with Crippen molar-refractivity contribution in [2.45, 2.75) is 112 Å². The van der Waals surface area contributed by atoms with Gasteiger partial charge in [-0.2, -0.15) is 0 Å². The highest BCUT2D eigenvalue weighted by Gasteiger charge is 2.70. The molecule has 0 bridgehead atoms. The summed E-state index contributed by atoms with van der Waals surface area (Å²) in [6.45, 7) is 8.65. The first-order valence-corrected chi connectivity index (χ1v) is 24.7. The van der Waals surface area contributed by atoms with Crippen molar-refractivity contribution < 1.29 is 50.5 Å². The van der Waals surface area contributed by atoms with Crippen LogP contribution < -0.4 is 0 Å². The van der Waals surface area contributed by atoms with E-state index in [-0.39, 0.29) is 38.5 Å². The first-order chi connectivity index (χ1) is 19.1. The van der Waals surface area contributed by atoms with Crippen LogP contribution in [0.4, 0.5) is 0 Å². The van der Waals surface area contributed by atoms with Crippen molar-refractivity contribution in [3.63, 3.8) is 0 Å². The Hall–Kier alpha value is -0.300. The van der Waals surface area contributed by atoms with E-state index in [9.17, 15) is 50.5 Å². The Bertz CT molecular complexity index is 1240. The molecule has 0 amide bonds. The van der Waals surface area contributed by atoms with Crippen LogP contribution >= 0.6 is 0 Å². The fourth-order valence-electron chi connectivity index (χ4n) is 6.10. The molecule has 18 heteroatoms. The Morgan fingerprint density at radius 3 is 0.429 bits per heavy atom. The highest BCUT2D eigenvalue weighted by atomic mass is 32.2. The van der Waals surface area contributed by atoms with Crippen LogP contribution in [0.5, 0.6) is 0 Å². The molecule has 0 heterocycles. The van der Waals surface area contributed by atoms with Crippen LogP contribution in [0.3, 0.4) is 0 Å². The zero-order chi connectivity index (χ0) is 32.9. The lowest BCUT2D eigenvalue weighted by Gasteiger charge is -2.49. The van der Waals surface area contributed by atoms with Crippen LogP contribution in [0, 0.1) is 0 Å². The minimum absolute atomic E-state index is 0.101. The summed E-state index contributed by atoms with van der Waals surface area (Å²) in [6.07, 6.45) is -0.606. The van der Waals surface area contributed by atoms with Gasteiger partial charge in [0.1, 0.15) is 0 Å². The van der Waals surface area contributed by atoms with E-state index in [0.717, 1.165) is 0 Å². The molecule has 42 heavy (non-hydrogen) atoms. The van der Waals surface area contributed by atoms with Crippen molar-refractivity contribution in [3.05, 3.63) is 0 Å². The quantitative estimate of drug-likeness (QED) is 0.196. The standard InChI is InChI=1S/C24H48O12S6/c1-7-13-37(25,26)19-20(38(27,28)14-8-2)22(40(31,32)16-10-4)24(42(35,36)18-12-6)23(41(33,34)17-11-5)21(19)39(29,30)15-9-3/h19-24H,7-18H2,1-6H3. The Balaban J connectivity index is 4.81.